The zero-order chi connectivity index (χ0) is 35.9. The molecule has 10 fully saturated rings. The standard InChI is InChI=1S/C41H61NO10/c1-20-11-25-5-7-30-21(2)12-27(46-30)9-10-41-17-29-37-31(50-40-38(29)51-35(18-41)39(40)52-41)8-6-26(48-37)13-23(43)14-28-33(16-32(47-25)22(20)3)49-34(36(28)45-4)15-24(44)19-42/h20,24-40,44H,2-3,5-19,42H2,1,4H3/t20-,24+,25+,26-,27+,28+,29+,30+,31+,32-,33+,34-,35-,36-,37-,38+,39+,40-,41+/m1/s1. The van der Waals surface area contributed by atoms with Gasteiger partial charge < -0.3 is 48.7 Å². The van der Waals surface area contributed by atoms with Crippen LogP contribution in [0.4, 0.5) is 0 Å². The van der Waals surface area contributed by atoms with Crippen LogP contribution in [-0.2, 0) is 42.7 Å². The summed E-state index contributed by atoms with van der Waals surface area (Å²) in [5.74, 6) is 0.406. The van der Waals surface area contributed by atoms with E-state index in [1.165, 1.54) is 5.57 Å². The van der Waals surface area contributed by atoms with Crippen molar-refractivity contribution in [3.05, 3.63) is 24.3 Å². The zero-order valence-electron chi connectivity index (χ0n) is 31.1. The van der Waals surface area contributed by atoms with Gasteiger partial charge in [-0.2, -0.15) is 0 Å². The van der Waals surface area contributed by atoms with Crippen molar-refractivity contribution in [2.45, 2.75) is 194 Å². The van der Waals surface area contributed by atoms with Crippen molar-refractivity contribution in [1.82, 2.24) is 0 Å². The maximum Gasteiger partial charge on any atom is 0.135 e. The summed E-state index contributed by atoms with van der Waals surface area (Å²) in [7, 11) is 1.67. The highest BCUT2D eigenvalue weighted by Crippen LogP contribution is 2.57. The quantitative estimate of drug-likeness (QED) is 0.405. The van der Waals surface area contributed by atoms with Crippen LogP contribution in [0.3, 0.4) is 0 Å². The molecule has 10 saturated heterocycles. The van der Waals surface area contributed by atoms with Gasteiger partial charge >= 0.3 is 0 Å². The van der Waals surface area contributed by atoms with E-state index < -0.39 is 6.10 Å². The molecule has 11 heteroatoms. The van der Waals surface area contributed by atoms with Gasteiger partial charge in [0.15, 0.2) is 0 Å². The third-order valence-corrected chi connectivity index (χ3v) is 14.6. The van der Waals surface area contributed by atoms with Gasteiger partial charge in [0, 0.05) is 57.6 Å². The van der Waals surface area contributed by atoms with Crippen LogP contribution in [0, 0.1) is 17.8 Å². The fourth-order valence-corrected chi connectivity index (χ4v) is 12.0. The third kappa shape index (κ3) is 6.60. The second-order valence-electron chi connectivity index (χ2n) is 18.0. The highest BCUT2D eigenvalue weighted by molar-refractivity contribution is 5.79. The second kappa shape index (κ2) is 14.4. The fraction of sp³-hybridized carbons (Fsp3) is 0.878. The number of fused-ring (bicyclic) bond motifs is 6. The largest absolute Gasteiger partial charge is 0.392 e. The molecule has 0 aromatic carbocycles. The number of carbonyl (C=O) groups excluding carboxylic acids is 1. The molecule has 10 heterocycles. The number of Topliss-reactive ketones (excluding diaryl/α,β-unsaturated/α-hetero) is 1. The highest BCUT2D eigenvalue weighted by Gasteiger charge is 2.67. The molecule has 19 atom stereocenters. The number of nitrogens with two attached hydrogens (primary N) is 1. The van der Waals surface area contributed by atoms with Crippen LogP contribution in [0.2, 0.25) is 0 Å². The number of rotatable bonds is 4. The first-order valence-electron chi connectivity index (χ1n) is 20.5. The van der Waals surface area contributed by atoms with Crippen LogP contribution in [0.15, 0.2) is 24.3 Å². The Morgan fingerprint density at radius 3 is 2.42 bits per heavy atom. The average Bonchev–Trinajstić information content (AvgIpc) is 3.79. The number of aliphatic hydroxyl groups excluding tert-OH is 1. The Kier molecular flexibility index (Phi) is 10.0. The Bertz CT molecular complexity index is 1380. The number of carbonyl (C=O) groups is 1. The molecule has 0 aromatic rings. The molecule has 10 aliphatic rings. The topological polar surface area (TPSA) is 137 Å². The van der Waals surface area contributed by atoms with Gasteiger partial charge in [0.25, 0.3) is 0 Å². The van der Waals surface area contributed by atoms with Crippen LogP contribution in [0.5, 0.6) is 0 Å². The summed E-state index contributed by atoms with van der Waals surface area (Å²) in [6, 6.07) is 0. The van der Waals surface area contributed by atoms with Crippen molar-refractivity contribution < 1.29 is 47.8 Å². The van der Waals surface area contributed by atoms with E-state index in [-0.39, 0.29) is 115 Å². The molecular weight excluding hydrogens is 666 g/mol. The van der Waals surface area contributed by atoms with Crippen molar-refractivity contribution in [2.24, 2.45) is 23.5 Å². The van der Waals surface area contributed by atoms with Gasteiger partial charge in [-0.25, -0.2) is 0 Å². The predicted molar refractivity (Wildman–Crippen MR) is 189 cm³/mol. The molecule has 12 bridgehead atoms. The Labute approximate surface area is 308 Å². The number of ether oxygens (including phenoxy) is 8. The summed E-state index contributed by atoms with van der Waals surface area (Å²) in [6.07, 6.45) is 8.27. The van der Waals surface area contributed by atoms with Crippen molar-refractivity contribution in [3.63, 3.8) is 0 Å². The fourth-order valence-electron chi connectivity index (χ4n) is 12.0. The lowest BCUT2D eigenvalue weighted by Crippen LogP contribution is -2.58. The minimum absolute atomic E-state index is 0.0113. The number of hydrogen-bond donors (Lipinski definition) is 2. The highest BCUT2D eigenvalue weighted by atomic mass is 16.6. The summed E-state index contributed by atoms with van der Waals surface area (Å²) in [5.41, 5.74) is 7.79. The van der Waals surface area contributed by atoms with Gasteiger partial charge in [0.2, 0.25) is 0 Å². The van der Waals surface area contributed by atoms with E-state index >= 15 is 0 Å². The van der Waals surface area contributed by atoms with E-state index in [4.69, 9.17) is 43.6 Å². The molecule has 0 radical (unpaired) electrons. The summed E-state index contributed by atoms with van der Waals surface area (Å²) in [4.78, 5) is 14.1. The molecule has 0 saturated carbocycles. The Balaban J connectivity index is 0.994. The normalized spacial score (nSPS) is 52.4. The first kappa shape index (κ1) is 36.4. The molecule has 10 aliphatic heterocycles. The summed E-state index contributed by atoms with van der Waals surface area (Å²) in [6.45, 7) is 11.3. The number of hydrogen-bond acceptors (Lipinski definition) is 11. The molecule has 0 unspecified atom stereocenters. The van der Waals surface area contributed by atoms with Gasteiger partial charge in [0.1, 0.15) is 18.0 Å². The molecule has 0 aliphatic carbocycles. The lowest BCUT2D eigenvalue weighted by Gasteiger charge is -2.48. The predicted octanol–water partition coefficient (Wildman–Crippen LogP) is 4.10. The Morgan fingerprint density at radius 1 is 0.808 bits per heavy atom. The molecule has 3 N–H and O–H groups in total. The number of methoxy groups -OCH3 is 1. The second-order valence-corrected chi connectivity index (χ2v) is 18.0. The lowest BCUT2D eigenvalue weighted by atomic mass is 9.73. The van der Waals surface area contributed by atoms with Gasteiger partial charge in [-0.3, -0.25) is 4.79 Å². The average molecular weight is 728 g/mol. The Morgan fingerprint density at radius 2 is 1.60 bits per heavy atom. The van der Waals surface area contributed by atoms with Gasteiger partial charge in [-0.1, -0.05) is 20.1 Å². The smallest absolute Gasteiger partial charge is 0.135 e. The maximum atomic E-state index is 14.1. The molecular formula is C41H61NO10. The van der Waals surface area contributed by atoms with Crippen LogP contribution in [0.25, 0.3) is 0 Å². The summed E-state index contributed by atoms with van der Waals surface area (Å²) >= 11 is 0. The molecule has 0 aromatic heterocycles. The molecule has 1 spiro atoms. The van der Waals surface area contributed by atoms with Crippen LogP contribution in [0.1, 0.15) is 96.8 Å². The maximum absolute atomic E-state index is 14.1. The van der Waals surface area contributed by atoms with E-state index in [1.54, 1.807) is 7.11 Å². The molecule has 11 nitrogen and oxygen atoms in total. The van der Waals surface area contributed by atoms with Gasteiger partial charge in [-0.05, 0) is 74.9 Å². The van der Waals surface area contributed by atoms with Crippen LogP contribution < -0.4 is 5.73 Å². The third-order valence-electron chi connectivity index (χ3n) is 14.6. The first-order valence-corrected chi connectivity index (χ1v) is 20.5. The van der Waals surface area contributed by atoms with Crippen molar-refractivity contribution in [3.8, 4) is 0 Å². The van der Waals surface area contributed by atoms with Gasteiger partial charge in [-0.15, -0.1) is 0 Å². The van der Waals surface area contributed by atoms with Crippen molar-refractivity contribution in [1.29, 1.82) is 0 Å². The van der Waals surface area contributed by atoms with Crippen molar-refractivity contribution >= 4 is 5.78 Å². The van der Waals surface area contributed by atoms with E-state index in [9.17, 15) is 9.90 Å². The molecule has 52 heavy (non-hydrogen) atoms. The monoisotopic (exact) mass is 727 g/mol. The van der Waals surface area contributed by atoms with Crippen LogP contribution >= 0.6 is 0 Å². The van der Waals surface area contributed by atoms with E-state index in [1.807, 2.05) is 0 Å². The van der Waals surface area contributed by atoms with Crippen molar-refractivity contribution in [2.75, 3.05) is 13.7 Å². The first-order chi connectivity index (χ1) is 25.1. The van der Waals surface area contributed by atoms with Gasteiger partial charge in [0.05, 0.1) is 85.0 Å². The molecule has 10 rings (SSSR count). The molecule has 290 valence electrons. The van der Waals surface area contributed by atoms with E-state index in [0.717, 1.165) is 69.8 Å². The number of ketones is 1. The van der Waals surface area contributed by atoms with E-state index in [0.29, 0.717) is 31.6 Å². The lowest BCUT2D eigenvalue weighted by molar-refractivity contribution is -0.237. The SMILES string of the molecule is C=C1C[C@@H]2CC[C@@]34C[C@H]5[C@H]6O[C@H](CC[C@@H]6O[C@H]6[C@@H](O3)[C@@H](C4)O[C@@H]56)CC(=O)C[C@@H]3[C@@H](OC)[C@@H](C[C@H](O)CN)O[C@H]3C[C@H]3O[C@@H](CC[C@@H]1O2)C[C@@H](C)C3=C. The Hall–Kier alpha value is -1.25. The molecule has 0 amide bonds. The number of aliphatic hydroxyl groups is 1. The summed E-state index contributed by atoms with van der Waals surface area (Å²) in [5, 5.41) is 10.5. The zero-order valence-corrected chi connectivity index (χ0v) is 31.1. The summed E-state index contributed by atoms with van der Waals surface area (Å²) < 4.78 is 53.7. The minimum atomic E-state index is -0.717. The van der Waals surface area contributed by atoms with Crippen LogP contribution in [-0.4, -0.2) is 122 Å². The minimum Gasteiger partial charge on any atom is -0.392 e. The van der Waals surface area contributed by atoms with E-state index in [2.05, 4.69) is 20.1 Å².